The van der Waals surface area contributed by atoms with Crippen molar-refractivity contribution in [2.75, 3.05) is 5.75 Å². The van der Waals surface area contributed by atoms with Gasteiger partial charge in [0.05, 0.1) is 18.1 Å². The number of benzene rings is 1. The Hall–Kier alpha value is -2.06. The van der Waals surface area contributed by atoms with Crippen LogP contribution in [-0.4, -0.2) is 26.4 Å². The molecule has 0 aliphatic heterocycles. The number of aromatic nitrogens is 3. The third-order valence-electron chi connectivity index (χ3n) is 4.35. The number of hydrogen-bond donors (Lipinski definition) is 1. The number of carbonyl (C=O) groups is 1. The van der Waals surface area contributed by atoms with Gasteiger partial charge in [-0.2, -0.15) is 0 Å². The summed E-state index contributed by atoms with van der Waals surface area (Å²) >= 11 is 4.84. The van der Waals surface area contributed by atoms with Gasteiger partial charge >= 0.3 is 0 Å². The monoisotopic (exact) mass is 476 g/mol. The van der Waals surface area contributed by atoms with Crippen molar-refractivity contribution in [1.82, 2.24) is 20.1 Å². The second-order valence-corrected chi connectivity index (χ2v) is 9.01. The Morgan fingerprint density at radius 1 is 1.24 bits per heavy atom. The van der Waals surface area contributed by atoms with E-state index in [-0.39, 0.29) is 17.7 Å². The van der Waals surface area contributed by atoms with Crippen LogP contribution in [0.4, 0.5) is 0 Å². The molecule has 2 aromatic heterocycles. The molecular formula is C21H25BrN4O2S. The molecule has 1 unspecified atom stereocenters. The van der Waals surface area contributed by atoms with Gasteiger partial charge in [0.15, 0.2) is 16.7 Å². The molecule has 0 aliphatic rings. The average molecular weight is 477 g/mol. The third-order valence-corrected chi connectivity index (χ3v) is 5.85. The Morgan fingerprint density at radius 2 is 2.00 bits per heavy atom. The number of amides is 1. The van der Waals surface area contributed by atoms with Crippen molar-refractivity contribution >= 4 is 33.6 Å². The fourth-order valence-corrected chi connectivity index (χ4v) is 4.02. The maximum absolute atomic E-state index is 12.6. The Bertz CT molecular complexity index is 923. The molecule has 1 atom stereocenters. The molecule has 0 radical (unpaired) electrons. The van der Waals surface area contributed by atoms with E-state index in [0.717, 1.165) is 28.2 Å². The van der Waals surface area contributed by atoms with Crippen molar-refractivity contribution in [2.45, 2.75) is 44.9 Å². The molecule has 1 aromatic carbocycles. The zero-order valence-corrected chi connectivity index (χ0v) is 19.2. The topological polar surface area (TPSA) is 73.0 Å². The van der Waals surface area contributed by atoms with Crippen LogP contribution in [-0.2, 0) is 11.3 Å². The van der Waals surface area contributed by atoms with Crippen molar-refractivity contribution in [3.8, 4) is 11.6 Å². The first-order chi connectivity index (χ1) is 14.0. The molecule has 29 heavy (non-hydrogen) atoms. The van der Waals surface area contributed by atoms with Crippen LogP contribution in [0.15, 0.2) is 56.7 Å². The summed E-state index contributed by atoms with van der Waals surface area (Å²) in [6.45, 7) is 7.09. The minimum atomic E-state index is -0.0246. The number of nitrogens with zero attached hydrogens (tertiary/aromatic N) is 3. The van der Waals surface area contributed by atoms with Crippen molar-refractivity contribution in [1.29, 1.82) is 0 Å². The summed E-state index contributed by atoms with van der Waals surface area (Å²) in [7, 11) is 0. The summed E-state index contributed by atoms with van der Waals surface area (Å²) in [5.41, 5.74) is 1.09. The maximum Gasteiger partial charge on any atom is 0.230 e. The SMILES string of the molecule is CCC(NC(=O)CSc1nnc(-c2ccco2)n1CC(C)C)c1ccc(Br)cc1. The molecule has 154 valence electrons. The number of rotatable bonds is 9. The van der Waals surface area contributed by atoms with E-state index in [4.69, 9.17) is 4.42 Å². The lowest BCUT2D eigenvalue weighted by Gasteiger charge is -2.17. The van der Waals surface area contributed by atoms with Gasteiger partial charge in [-0.05, 0) is 42.2 Å². The Balaban J connectivity index is 1.67. The van der Waals surface area contributed by atoms with Gasteiger partial charge in [-0.15, -0.1) is 10.2 Å². The lowest BCUT2D eigenvalue weighted by Crippen LogP contribution is -2.29. The first-order valence-corrected chi connectivity index (χ1v) is 11.4. The molecule has 0 fully saturated rings. The van der Waals surface area contributed by atoms with Gasteiger partial charge in [-0.3, -0.25) is 9.36 Å². The number of furan rings is 1. The molecule has 3 aromatic rings. The molecule has 8 heteroatoms. The standard InChI is InChI=1S/C21H25BrN4O2S/c1-4-17(15-7-9-16(22)10-8-15)23-19(27)13-29-21-25-24-20(18-6-5-11-28-18)26(21)12-14(2)3/h5-11,14,17H,4,12-13H2,1-3H3,(H,23,27). The van der Waals surface area contributed by atoms with E-state index >= 15 is 0 Å². The highest BCUT2D eigenvalue weighted by Crippen LogP contribution is 2.26. The van der Waals surface area contributed by atoms with Gasteiger partial charge < -0.3 is 9.73 Å². The average Bonchev–Trinajstić information content (AvgIpc) is 3.35. The Kier molecular flexibility index (Phi) is 7.55. The fraction of sp³-hybridized carbons (Fsp3) is 0.381. The molecule has 0 saturated carbocycles. The van der Waals surface area contributed by atoms with Gasteiger partial charge in [0.1, 0.15) is 0 Å². The molecule has 1 amide bonds. The lowest BCUT2D eigenvalue weighted by atomic mass is 10.0. The first kappa shape index (κ1) is 21.6. The van der Waals surface area contributed by atoms with Crippen LogP contribution in [0, 0.1) is 5.92 Å². The fourth-order valence-electron chi connectivity index (χ4n) is 3.00. The summed E-state index contributed by atoms with van der Waals surface area (Å²) in [6.07, 6.45) is 2.45. The number of carbonyl (C=O) groups excluding carboxylic acids is 1. The number of thioether (sulfide) groups is 1. The summed E-state index contributed by atoms with van der Waals surface area (Å²) in [5, 5.41) is 12.4. The van der Waals surface area contributed by atoms with Gasteiger partial charge in [-0.25, -0.2) is 0 Å². The van der Waals surface area contributed by atoms with E-state index in [9.17, 15) is 4.79 Å². The summed E-state index contributed by atoms with van der Waals surface area (Å²) in [5.74, 6) is 2.03. The van der Waals surface area contributed by atoms with Crippen molar-refractivity contribution in [2.24, 2.45) is 5.92 Å². The summed E-state index contributed by atoms with van der Waals surface area (Å²) in [6, 6.07) is 11.7. The lowest BCUT2D eigenvalue weighted by molar-refractivity contribution is -0.119. The van der Waals surface area contributed by atoms with Gasteiger partial charge in [-0.1, -0.05) is 60.6 Å². The van der Waals surface area contributed by atoms with Crippen LogP contribution in [0.3, 0.4) is 0 Å². The number of halogens is 1. The van der Waals surface area contributed by atoms with Crippen molar-refractivity contribution in [3.63, 3.8) is 0 Å². The number of nitrogens with one attached hydrogen (secondary N) is 1. The Labute approximate surface area is 183 Å². The zero-order valence-electron chi connectivity index (χ0n) is 16.8. The van der Waals surface area contributed by atoms with E-state index in [2.05, 4.69) is 52.2 Å². The molecule has 0 aliphatic carbocycles. The van der Waals surface area contributed by atoms with E-state index in [1.165, 1.54) is 11.8 Å². The zero-order chi connectivity index (χ0) is 20.8. The van der Waals surface area contributed by atoms with Crippen LogP contribution in [0.25, 0.3) is 11.6 Å². The van der Waals surface area contributed by atoms with Crippen molar-refractivity contribution < 1.29 is 9.21 Å². The van der Waals surface area contributed by atoms with Crippen LogP contribution < -0.4 is 5.32 Å². The smallest absolute Gasteiger partial charge is 0.230 e. The van der Waals surface area contributed by atoms with Crippen molar-refractivity contribution in [3.05, 3.63) is 52.7 Å². The molecular weight excluding hydrogens is 452 g/mol. The minimum absolute atomic E-state index is 0.0107. The van der Waals surface area contributed by atoms with E-state index < -0.39 is 0 Å². The number of hydrogen-bond acceptors (Lipinski definition) is 5. The predicted octanol–water partition coefficient (Wildman–Crippen LogP) is 5.32. The molecule has 6 nitrogen and oxygen atoms in total. The van der Waals surface area contributed by atoms with Gasteiger partial charge in [0, 0.05) is 11.0 Å². The minimum Gasteiger partial charge on any atom is -0.461 e. The molecule has 2 heterocycles. The van der Waals surface area contributed by atoms with Gasteiger partial charge in [0.2, 0.25) is 5.91 Å². The van der Waals surface area contributed by atoms with E-state index in [1.807, 2.05) is 41.0 Å². The molecule has 0 saturated heterocycles. The highest BCUT2D eigenvalue weighted by molar-refractivity contribution is 9.10. The molecule has 3 rings (SSSR count). The third kappa shape index (κ3) is 5.73. The summed E-state index contributed by atoms with van der Waals surface area (Å²) < 4.78 is 8.53. The van der Waals surface area contributed by atoms with E-state index in [0.29, 0.717) is 17.5 Å². The van der Waals surface area contributed by atoms with E-state index in [1.54, 1.807) is 6.26 Å². The highest BCUT2D eigenvalue weighted by atomic mass is 79.9. The van der Waals surface area contributed by atoms with Crippen LogP contribution >= 0.6 is 27.7 Å². The van der Waals surface area contributed by atoms with Crippen LogP contribution in [0.2, 0.25) is 0 Å². The van der Waals surface area contributed by atoms with Crippen LogP contribution in [0.5, 0.6) is 0 Å². The molecule has 1 N–H and O–H groups in total. The maximum atomic E-state index is 12.6. The Morgan fingerprint density at radius 3 is 2.62 bits per heavy atom. The normalized spacial score (nSPS) is 12.3. The largest absolute Gasteiger partial charge is 0.461 e. The first-order valence-electron chi connectivity index (χ1n) is 9.62. The molecule has 0 bridgehead atoms. The quantitative estimate of drug-likeness (QED) is 0.423. The van der Waals surface area contributed by atoms with Gasteiger partial charge in [0.25, 0.3) is 0 Å². The molecule has 0 spiro atoms. The second kappa shape index (κ2) is 10.1. The predicted molar refractivity (Wildman–Crippen MR) is 119 cm³/mol. The second-order valence-electron chi connectivity index (χ2n) is 7.16. The van der Waals surface area contributed by atoms with Crippen LogP contribution in [0.1, 0.15) is 38.8 Å². The highest BCUT2D eigenvalue weighted by Gasteiger charge is 2.19. The summed E-state index contributed by atoms with van der Waals surface area (Å²) in [4.78, 5) is 12.6.